The number of alkyl halides is 3. The second-order valence-corrected chi connectivity index (χ2v) is 4.99. The van der Waals surface area contributed by atoms with Crippen molar-refractivity contribution in [3.8, 4) is 5.75 Å². The summed E-state index contributed by atoms with van der Waals surface area (Å²) in [5, 5.41) is 11.5. The minimum Gasteiger partial charge on any atom is -0.492 e. The molecule has 1 aliphatic heterocycles. The lowest BCUT2D eigenvalue weighted by Crippen LogP contribution is -2.41. The number of amidine groups is 1. The first-order valence-corrected chi connectivity index (χ1v) is 6.34. The lowest BCUT2D eigenvalue weighted by atomic mass is 10.1. The molecule has 0 fully saturated rings. The van der Waals surface area contributed by atoms with Gasteiger partial charge in [-0.3, -0.25) is 4.90 Å². The number of nitrogens with zero attached hydrogens (tertiary/aromatic N) is 2. The van der Waals surface area contributed by atoms with Gasteiger partial charge in [0, 0.05) is 23.7 Å². The Kier molecular flexibility index (Phi) is 4.26. The van der Waals surface area contributed by atoms with Crippen molar-refractivity contribution in [3.05, 3.63) is 29.3 Å². The van der Waals surface area contributed by atoms with Crippen LogP contribution in [0.15, 0.2) is 23.4 Å². The lowest BCUT2D eigenvalue weighted by Gasteiger charge is -2.26. The van der Waals surface area contributed by atoms with E-state index in [9.17, 15) is 13.2 Å². The Morgan fingerprint density at radius 2 is 2.24 bits per heavy atom. The highest BCUT2D eigenvalue weighted by atomic mass is 19.4. The average molecular weight is 303 g/mol. The van der Waals surface area contributed by atoms with Crippen molar-refractivity contribution >= 4 is 5.84 Å². The summed E-state index contributed by atoms with van der Waals surface area (Å²) in [7, 11) is 0. The number of nitrogens with two attached hydrogens (primary N) is 1. The topological polar surface area (TPSA) is 71.1 Å². The van der Waals surface area contributed by atoms with E-state index >= 15 is 0 Å². The number of oxime groups is 1. The Morgan fingerprint density at radius 1 is 1.52 bits per heavy atom. The molecule has 116 valence electrons. The Labute approximate surface area is 119 Å². The summed E-state index contributed by atoms with van der Waals surface area (Å²) in [5.74, 6) is 0.376. The zero-order chi connectivity index (χ0) is 15.6. The van der Waals surface area contributed by atoms with Gasteiger partial charge in [-0.2, -0.15) is 13.2 Å². The van der Waals surface area contributed by atoms with Crippen LogP contribution in [-0.4, -0.2) is 41.3 Å². The largest absolute Gasteiger partial charge is 0.492 e. The van der Waals surface area contributed by atoms with Gasteiger partial charge in [-0.25, -0.2) is 0 Å². The molecule has 0 aliphatic carbocycles. The summed E-state index contributed by atoms with van der Waals surface area (Å²) in [4.78, 5) is 1.31. The number of fused-ring (bicyclic) bond motifs is 1. The average Bonchev–Trinajstić information content (AvgIpc) is 2.56. The molecule has 1 heterocycles. The van der Waals surface area contributed by atoms with Crippen molar-refractivity contribution in [2.45, 2.75) is 25.7 Å². The summed E-state index contributed by atoms with van der Waals surface area (Å²) < 4.78 is 43.3. The Balaban J connectivity index is 2.26. The van der Waals surface area contributed by atoms with E-state index in [2.05, 4.69) is 5.16 Å². The number of hydrogen-bond acceptors (Lipinski definition) is 4. The zero-order valence-corrected chi connectivity index (χ0v) is 11.4. The second-order valence-electron chi connectivity index (χ2n) is 4.99. The molecule has 0 radical (unpaired) electrons. The maximum absolute atomic E-state index is 12.6. The van der Waals surface area contributed by atoms with Crippen LogP contribution >= 0.6 is 0 Å². The smallest absolute Gasteiger partial charge is 0.401 e. The molecule has 1 aliphatic rings. The molecule has 5 nitrogen and oxygen atoms in total. The highest BCUT2D eigenvalue weighted by Gasteiger charge is 2.34. The third kappa shape index (κ3) is 3.78. The zero-order valence-electron chi connectivity index (χ0n) is 11.4. The molecule has 3 N–H and O–H groups in total. The van der Waals surface area contributed by atoms with E-state index in [-0.39, 0.29) is 25.0 Å². The van der Waals surface area contributed by atoms with Crippen LogP contribution in [0.3, 0.4) is 0 Å². The molecule has 8 heteroatoms. The van der Waals surface area contributed by atoms with Crippen LogP contribution in [0.5, 0.6) is 5.75 Å². The lowest BCUT2D eigenvalue weighted by molar-refractivity contribution is -0.152. The first-order valence-electron chi connectivity index (χ1n) is 6.34. The summed E-state index contributed by atoms with van der Waals surface area (Å²) >= 11 is 0. The Bertz CT molecular complexity index is 546. The predicted molar refractivity (Wildman–Crippen MR) is 70.4 cm³/mol. The van der Waals surface area contributed by atoms with Crippen LogP contribution < -0.4 is 10.5 Å². The highest BCUT2D eigenvalue weighted by molar-refractivity contribution is 5.97. The fourth-order valence-corrected chi connectivity index (χ4v) is 2.17. The first kappa shape index (κ1) is 15.4. The van der Waals surface area contributed by atoms with E-state index in [1.165, 1.54) is 4.90 Å². The van der Waals surface area contributed by atoms with Gasteiger partial charge >= 0.3 is 6.18 Å². The van der Waals surface area contributed by atoms with Crippen molar-refractivity contribution in [2.75, 3.05) is 13.2 Å². The summed E-state index contributed by atoms with van der Waals surface area (Å²) in [6.07, 6.45) is -4.26. The van der Waals surface area contributed by atoms with Crippen molar-refractivity contribution < 1.29 is 23.1 Å². The second kappa shape index (κ2) is 5.80. The molecule has 0 amide bonds. The van der Waals surface area contributed by atoms with Crippen LogP contribution in [0, 0.1) is 0 Å². The van der Waals surface area contributed by atoms with E-state index < -0.39 is 12.7 Å². The third-order valence-corrected chi connectivity index (χ3v) is 3.33. The van der Waals surface area contributed by atoms with Gasteiger partial charge in [0.2, 0.25) is 0 Å². The van der Waals surface area contributed by atoms with Gasteiger partial charge in [-0.1, -0.05) is 17.3 Å². The highest BCUT2D eigenvalue weighted by Crippen LogP contribution is 2.28. The summed E-state index contributed by atoms with van der Waals surface area (Å²) in [6, 6.07) is 4.41. The number of halogens is 3. The molecule has 1 aromatic carbocycles. The van der Waals surface area contributed by atoms with Crippen LogP contribution in [0.25, 0.3) is 0 Å². The normalized spacial score (nSPS) is 20.6. The fraction of sp³-hybridized carbons (Fsp3) is 0.462. The minimum absolute atomic E-state index is 0.0779. The molecular weight excluding hydrogens is 287 g/mol. The fourth-order valence-electron chi connectivity index (χ4n) is 2.17. The SMILES string of the molecule is CC1COc2cc(/C(N)=N/O)ccc2CN1CC(F)(F)F. The maximum atomic E-state index is 12.6. The van der Waals surface area contributed by atoms with Gasteiger partial charge in [0.25, 0.3) is 0 Å². The molecule has 21 heavy (non-hydrogen) atoms. The van der Waals surface area contributed by atoms with E-state index in [0.29, 0.717) is 16.9 Å². The number of benzene rings is 1. The standard InChI is InChI=1S/C13H16F3N3O2/c1-8-6-21-11-4-9(12(17)18-20)2-3-10(11)5-19(8)7-13(14,15)16/h2-4,8,20H,5-7H2,1H3,(H2,17,18). The maximum Gasteiger partial charge on any atom is 0.401 e. The Morgan fingerprint density at radius 3 is 2.86 bits per heavy atom. The first-order chi connectivity index (χ1) is 9.80. The van der Waals surface area contributed by atoms with Gasteiger partial charge in [-0.15, -0.1) is 0 Å². The molecule has 0 spiro atoms. The molecule has 1 unspecified atom stereocenters. The van der Waals surface area contributed by atoms with Crippen molar-refractivity contribution in [1.29, 1.82) is 0 Å². The van der Waals surface area contributed by atoms with E-state index in [1.807, 2.05) is 0 Å². The van der Waals surface area contributed by atoms with Gasteiger partial charge in [-0.05, 0) is 13.0 Å². The van der Waals surface area contributed by atoms with Gasteiger partial charge in [0.05, 0.1) is 6.54 Å². The van der Waals surface area contributed by atoms with Gasteiger partial charge < -0.3 is 15.7 Å². The van der Waals surface area contributed by atoms with E-state index in [0.717, 1.165) is 0 Å². The molecular formula is C13H16F3N3O2. The molecule has 0 bridgehead atoms. The van der Waals surface area contributed by atoms with Crippen LogP contribution in [0.1, 0.15) is 18.1 Å². The number of ether oxygens (including phenoxy) is 1. The predicted octanol–water partition coefficient (Wildman–Crippen LogP) is 1.93. The summed E-state index contributed by atoms with van der Waals surface area (Å²) in [6.45, 7) is 0.968. The molecule has 0 saturated carbocycles. The van der Waals surface area contributed by atoms with Crippen molar-refractivity contribution in [1.82, 2.24) is 4.90 Å². The van der Waals surface area contributed by atoms with Crippen LogP contribution in [0.4, 0.5) is 13.2 Å². The third-order valence-electron chi connectivity index (χ3n) is 3.33. The van der Waals surface area contributed by atoms with Gasteiger partial charge in [0.1, 0.15) is 12.4 Å². The summed E-state index contributed by atoms with van der Waals surface area (Å²) in [5.41, 5.74) is 6.58. The van der Waals surface area contributed by atoms with E-state index in [1.54, 1.807) is 25.1 Å². The number of hydrogen-bond donors (Lipinski definition) is 2. The Hall–Kier alpha value is -1.96. The molecule has 1 aromatic rings. The van der Waals surface area contributed by atoms with Crippen LogP contribution in [0.2, 0.25) is 0 Å². The van der Waals surface area contributed by atoms with Crippen molar-refractivity contribution in [2.24, 2.45) is 10.9 Å². The quantitative estimate of drug-likeness (QED) is 0.379. The van der Waals surface area contributed by atoms with Crippen LogP contribution in [-0.2, 0) is 6.54 Å². The molecule has 2 rings (SSSR count). The number of rotatable bonds is 2. The van der Waals surface area contributed by atoms with E-state index in [4.69, 9.17) is 15.7 Å². The minimum atomic E-state index is -4.26. The van der Waals surface area contributed by atoms with Crippen molar-refractivity contribution in [3.63, 3.8) is 0 Å². The monoisotopic (exact) mass is 303 g/mol. The molecule has 0 saturated heterocycles. The van der Waals surface area contributed by atoms with Gasteiger partial charge in [0.15, 0.2) is 5.84 Å². The molecule has 1 atom stereocenters. The molecule has 0 aromatic heterocycles.